The molecule has 0 aliphatic carbocycles. The maximum Gasteiger partial charge on any atom is 0.213 e. The molecule has 0 unspecified atom stereocenters. The Hall–Kier alpha value is -2.82. The maximum absolute atomic E-state index is 13.4. The van der Waals surface area contributed by atoms with Gasteiger partial charge in [-0.05, 0) is 41.8 Å². The Morgan fingerprint density at radius 2 is 2.04 bits per heavy atom. The predicted octanol–water partition coefficient (Wildman–Crippen LogP) is 5.49. The molecule has 1 N–H and O–H groups in total. The minimum absolute atomic E-state index is 0.450. The Labute approximate surface area is 145 Å². The van der Waals surface area contributed by atoms with E-state index in [1.54, 1.807) is 18.2 Å². The molecule has 25 heavy (non-hydrogen) atoms. The third kappa shape index (κ3) is 5.08. The van der Waals surface area contributed by atoms with Crippen LogP contribution in [0.15, 0.2) is 61.3 Å². The van der Waals surface area contributed by atoms with Crippen LogP contribution >= 0.6 is 0 Å². The normalized spacial score (nSPS) is 11.8. The fourth-order valence-corrected chi connectivity index (χ4v) is 2.32. The lowest BCUT2D eigenvalue weighted by Crippen LogP contribution is -2.00. The lowest BCUT2D eigenvalue weighted by atomic mass is 10.00. The molecule has 1 heterocycles. The van der Waals surface area contributed by atoms with Crippen molar-refractivity contribution in [2.45, 2.75) is 6.92 Å². The van der Waals surface area contributed by atoms with E-state index in [1.165, 1.54) is 24.4 Å². The Kier molecular flexibility index (Phi) is 6.57. The molecule has 0 aliphatic heterocycles. The molecule has 2 rings (SSSR count). The Morgan fingerprint density at radius 1 is 1.24 bits per heavy atom. The number of aryl methyl sites for hydroxylation is 1. The van der Waals surface area contributed by atoms with Gasteiger partial charge < -0.3 is 5.32 Å². The average molecular weight is 344 g/mol. The first-order valence-electron chi connectivity index (χ1n) is 7.71. The molecule has 2 aromatic rings. The molecule has 0 atom stereocenters. The van der Waals surface area contributed by atoms with Crippen LogP contribution in [0, 0.1) is 12.9 Å². The zero-order chi connectivity index (χ0) is 18.2. The number of hydrogen-bond donors (Lipinski definition) is 1. The summed E-state index contributed by atoms with van der Waals surface area (Å²) < 4.78 is 38.8. The Balaban J connectivity index is 2.27. The summed E-state index contributed by atoms with van der Waals surface area (Å²) in [6.07, 6.45) is 5.72. The number of pyridine rings is 1. The molecule has 0 bridgehead atoms. The molecular formula is C20H19F3N2. The summed E-state index contributed by atoms with van der Waals surface area (Å²) in [4.78, 5) is 3.51. The predicted molar refractivity (Wildman–Crippen MR) is 97.1 cm³/mol. The van der Waals surface area contributed by atoms with E-state index < -0.39 is 19.3 Å². The standard InChI is InChI=1S/C20H19F3N2/c1-14-6-7-18(12-19(14)17(13-22)5-3-4-9-21)25-15(2)16-8-10-24-20(23)11-16/h3-8,10-12,25H,2,9,13H2,1H3/b4-3+,17-5+. The zero-order valence-corrected chi connectivity index (χ0v) is 13.9. The second-order valence-corrected chi connectivity index (χ2v) is 5.41. The van der Waals surface area contributed by atoms with Crippen molar-refractivity contribution in [1.82, 2.24) is 4.98 Å². The minimum atomic E-state index is -0.669. The highest BCUT2D eigenvalue weighted by Crippen LogP contribution is 2.25. The third-order valence-corrected chi connectivity index (χ3v) is 3.62. The summed E-state index contributed by atoms with van der Waals surface area (Å²) in [7, 11) is 0. The highest BCUT2D eigenvalue weighted by atomic mass is 19.1. The number of nitrogens with zero attached hydrogens (tertiary/aromatic N) is 1. The maximum atomic E-state index is 13.4. The number of hydrogen-bond acceptors (Lipinski definition) is 2. The van der Waals surface area contributed by atoms with Gasteiger partial charge in [-0.1, -0.05) is 30.9 Å². The molecule has 1 aromatic carbocycles. The fraction of sp³-hybridized carbons (Fsp3) is 0.150. The molecule has 5 heteroatoms. The van der Waals surface area contributed by atoms with E-state index in [2.05, 4.69) is 16.9 Å². The van der Waals surface area contributed by atoms with Crippen LogP contribution in [0.1, 0.15) is 16.7 Å². The molecule has 0 aliphatic rings. The van der Waals surface area contributed by atoms with Crippen molar-refractivity contribution in [3.63, 3.8) is 0 Å². The monoisotopic (exact) mass is 344 g/mol. The highest BCUT2D eigenvalue weighted by Gasteiger charge is 2.08. The van der Waals surface area contributed by atoms with Crippen LogP contribution in [-0.2, 0) is 0 Å². The van der Waals surface area contributed by atoms with Crippen molar-refractivity contribution in [2.24, 2.45) is 0 Å². The van der Waals surface area contributed by atoms with Crippen molar-refractivity contribution in [3.05, 3.63) is 84.0 Å². The van der Waals surface area contributed by atoms with Gasteiger partial charge >= 0.3 is 0 Å². The smallest absolute Gasteiger partial charge is 0.213 e. The molecular weight excluding hydrogens is 325 g/mol. The van der Waals surface area contributed by atoms with Gasteiger partial charge in [0.25, 0.3) is 0 Å². The molecule has 0 saturated carbocycles. The molecule has 130 valence electrons. The number of alkyl halides is 2. The highest BCUT2D eigenvalue weighted by molar-refractivity contribution is 5.79. The molecule has 1 aromatic heterocycles. The van der Waals surface area contributed by atoms with Crippen LogP contribution < -0.4 is 5.32 Å². The zero-order valence-electron chi connectivity index (χ0n) is 13.9. The van der Waals surface area contributed by atoms with Gasteiger partial charge in [-0.25, -0.2) is 13.8 Å². The Bertz CT molecular complexity index is 810. The number of allylic oxidation sites excluding steroid dienone is 4. The first kappa shape index (κ1) is 18.5. The van der Waals surface area contributed by atoms with E-state index in [-0.39, 0.29) is 0 Å². The van der Waals surface area contributed by atoms with Crippen LogP contribution in [0.2, 0.25) is 0 Å². The number of benzene rings is 1. The van der Waals surface area contributed by atoms with Crippen LogP contribution in [0.25, 0.3) is 11.3 Å². The average Bonchev–Trinajstić information content (AvgIpc) is 2.61. The van der Waals surface area contributed by atoms with Gasteiger partial charge in [0.1, 0.15) is 13.3 Å². The summed E-state index contributed by atoms with van der Waals surface area (Å²) >= 11 is 0. The van der Waals surface area contributed by atoms with Crippen molar-refractivity contribution < 1.29 is 13.2 Å². The van der Waals surface area contributed by atoms with Gasteiger partial charge in [-0.2, -0.15) is 4.39 Å². The van der Waals surface area contributed by atoms with Crippen LogP contribution in [0.4, 0.5) is 18.9 Å². The fourth-order valence-electron chi connectivity index (χ4n) is 2.32. The summed E-state index contributed by atoms with van der Waals surface area (Å²) in [6, 6.07) is 8.38. The van der Waals surface area contributed by atoms with Gasteiger partial charge in [-0.3, -0.25) is 0 Å². The Morgan fingerprint density at radius 3 is 2.72 bits per heavy atom. The van der Waals surface area contributed by atoms with Crippen LogP contribution in [0.3, 0.4) is 0 Å². The lowest BCUT2D eigenvalue weighted by molar-refractivity contribution is 0.561. The second-order valence-electron chi connectivity index (χ2n) is 5.41. The van der Waals surface area contributed by atoms with Gasteiger partial charge in [0.15, 0.2) is 0 Å². The quantitative estimate of drug-likeness (QED) is 0.531. The van der Waals surface area contributed by atoms with E-state index in [0.29, 0.717) is 28.1 Å². The molecule has 0 spiro atoms. The van der Waals surface area contributed by atoms with Crippen molar-refractivity contribution >= 4 is 17.0 Å². The number of anilines is 1. The molecule has 0 saturated heterocycles. The topological polar surface area (TPSA) is 24.9 Å². The lowest BCUT2D eigenvalue weighted by Gasteiger charge is -2.14. The molecule has 0 radical (unpaired) electrons. The van der Waals surface area contributed by atoms with Crippen LogP contribution in [0.5, 0.6) is 0 Å². The van der Waals surface area contributed by atoms with E-state index in [4.69, 9.17) is 0 Å². The minimum Gasteiger partial charge on any atom is -0.356 e. The summed E-state index contributed by atoms with van der Waals surface area (Å²) in [5.74, 6) is -0.590. The van der Waals surface area contributed by atoms with E-state index in [9.17, 15) is 13.2 Å². The van der Waals surface area contributed by atoms with E-state index >= 15 is 0 Å². The molecule has 0 amide bonds. The van der Waals surface area contributed by atoms with Gasteiger partial charge in [0.05, 0.1) is 0 Å². The molecule has 0 fully saturated rings. The van der Waals surface area contributed by atoms with E-state index in [1.807, 2.05) is 19.1 Å². The summed E-state index contributed by atoms with van der Waals surface area (Å²) in [6.45, 7) is 4.49. The van der Waals surface area contributed by atoms with Gasteiger partial charge in [0, 0.05) is 29.2 Å². The van der Waals surface area contributed by atoms with Gasteiger partial charge in [-0.15, -0.1) is 0 Å². The first-order valence-corrected chi connectivity index (χ1v) is 7.71. The summed E-state index contributed by atoms with van der Waals surface area (Å²) in [5.41, 5.74) is 3.82. The molecule has 2 nitrogen and oxygen atoms in total. The van der Waals surface area contributed by atoms with Crippen molar-refractivity contribution in [1.29, 1.82) is 0 Å². The summed E-state index contributed by atoms with van der Waals surface area (Å²) in [5, 5.41) is 3.08. The number of halogens is 3. The number of aromatic nitrogens is 1. The van der Waals surface area contributed by atoms with E-state index in [0.717, 1.165) is 5.56 Å². The first-order chi connectivity index (χ1) is 12.0. The van der Waals surface area contributed by atoms with Crippen molar-refractivity contribution in [2.75, 3.05) is 18.7 Å². The third-order valence-electron chi connectivity index (χ3n) is 3.62. The van der Waals surface area contributed by atoms with Crippen molar-refractivity contribution in [3.8, 4) is 0 Å². The largest absolute Gasteiger partial charge is 0.356 e. The number of nitrogens with one attached hydrogen (secondary N) is 1. The SMILES string of the molecule is C=C(Nc1ccc(C)c(/C(=C/C=C/CF)CF)c1)c1ccnc(F)c1. The number of rotatable bonds is 7. The van der Waals surface area contributed by atoms with Crippen LogP contribution in [-0.4, -0.2) is 18.3 Å². The van der Waals surface area contributed by atoms with Gasteiger partial charge in [0.2, 0.25) is 5.95 Å². The second kappa shape index (κ2) is 8.87.